The number of aryl methyl sites for hydroxylation is 2. The Hall–Kier alpha value is -3.26. The third kappa shape index (κ3) is 5.99. The number of para-hydroxylation sites is 1. The van der Waals surface area contributed by atoms with Crippen LogP contribution in [0.2, 0.25) is 0 Å². The zero-order chi connectivity index (χ0) is 24.8. The third-order valence-corrected chi connectivity index (χ3v) is 6.30. The minimum absolute atomic E-state index is 0.0381. The van der Waals surface area contributed by atoms with Crippen molar-refractivity contribution in [1.82, 2.24) is 4.90 Å². The number of nitrogens with zero attached hydrogens (tertiary/aromatic N) is 1. The topological polar surface area (TPSA) is 84.9 Å². The number of hydrogen-bond acceptors (Lipinski definition) is 6. The molecule has 1 atom stereocenters. The highest BCUT2D eigenvalue weighted by Crippen LogP contribution is 2.35. The zero-order valence-electron chi connectivity index (χ0n) is 20.1. The number of rotatable bonds is 9. The van der Waals surface area contributed by atoms with E-state index in [2.05, 4.69) is 5.32 Å². The molecule has 1 fully saturated rings. The molecule has 0 bridgehead atoms. The number of amides is 3. The van der Waals surface area contributed by atoms with Gasteiger partial charge in [-0.3, -0.25) is 19.3 Å². The Bertz CT molecular complexity index is 1110. The van der Waals surface area contributed by atoms with Crippen LogP contribution < -0.4 is 14.8 Å². The van der Waals surface area contributed by atoms with Crippen LogP contribution in [0.5, 0.6) is 11.5 Å². The molecule has 1 saturated heterocycles. The third-order valence-electron chi connectivity index (χ3n) is 5.39. The van der Waals surface area contributed by atoms with Gasteiger partial charge in [-0.15, -0.1) is 0 Å². The van der Waals surface area contributed by atoms with Crippen LogP contribution in [0.25, 0.3) is 6.08 Å². The van der Waals surface area contributed by atoms with Crippen LogP contribution in [0.4, 0.5) is 10.5 Å². The van der Waals surface area contributed by atoms with Crippen molar-refractivity contribution in [1.29, 1.82) is 0 Å². The van der Waals surface area contributed by atoms with E-state index in [4.69, 9.17) is 9.47 Å². The predicted octanol–water partition coefficient (Wildman–Crippen LogP) is 5.55. The van der Waals surface area contributed by atoms with Crippen LogP contribution in [0, 0.1) is 13.8 Å². The number of ether oxygens (including phenoxy) is 2. The van der Waals surface area contributed by atoms with Crippen molar-refractivity contribution in [3.63, 3.8) is 0 Å². The van der Waals surface area contributed by atoms with Gasteiger partial charge in [-0.1, -0.05) is 31.2 Å². The van der Waals surface area contributed by atoms with E-state index in [9.17, 15) is 14.4 Å². The molecule has 0 aliphatic carbocycles. The molecular formula is C26H30N2O5S. The maximum atomic E-state index is 12.9. The maximum Gasteiger partial charge on any atom is 0.294 e. The van der Waals surface area contributed by atoms with Gasteiger partial charge in [0.2, 0.25) is 5.91 Å². The van der Waals surface area contributed by atoms with Crippen LogP contribution in [0.1, 0.15) is 43.9 Å². The van der Waals surface area contributed by atoms with Gasteiger partial charge in [0, 0.05) is 5.69 Å². The van der Waals surface area contributed by atoms with Crippen LogP contribution >= 0.6 is 11.8 Å². The molecule has 3 rings (SSSR count). The summed E-state index contributed by atoms with van der Waals surface area (Å²) in [4.78, 5) is 39.2. The highest BCUT2D eigenvalue weighted by molar-refractivity contribution is 8.18. The molecule has 3 amide bonds. The second kappa shape index (κ2) is 11.2. The monoisotopic (exact) mass is 482 g/mol. The number of benzene rings is 2. The molecule has 1 heterocycles. The van der Waals surface area contributed by atoms with Gasteiger partial charge in [-0.2, -0.15) is 0 Å². The summed E-state index contributed by atoms with van der Waals surface area (Å²) in [5.41, 5.74) is 3.21. The Morgan fingerprint density at radius 1 is 1.12 bits per heavy atom. The van der Waals surface area contributed by atoms with Crippen LogP contribution in [0.3, 0.4) is 0 Å². The molecule has 0 unspecified atom stereocenters. The fourth-order valence-electron chi connectivity index (χ4n) is 3.40. The predicted molar refractivity (Wildman–Crippen MR) is 135 cm³/mol. The number of thioether (sulfide) groups is 1. The minimum Gasteiger partial charge on any atom is -0.490 e. The lowest BCUT2D eigenvalue weighted by Crippen LogP contribution is -2.36. The van der Waals surface area contributed by atoms with Crippen molar-refractivity contribution in [3.05, 3.63) is 58.0 Å². The normalized spacial score (nSPS) is 15.6. The van der Waals surface area contributed by atoms with Crippen LogP contribution in [-0.2, 0) is 9.59 Å². The number of nitrogens with one attached hydrogen (secondary N) is 1. The summed E-state index contributed by atoms with van der Waals surface area (Å²) in [7, 11) is 0. The van der Waals surface area contributed by atoms with Crippen molar-refractivity contribution in [3.8, 4) is 11.5 Å². The average molecular weight is 483 g/mol. The second-order valence-electron chi connectivity index (χ2n) is 8.06. The molecule has 0 saturated carbocycles. The van der Waals surface area contributed by atoms with Gasteiger partial charge >= 0.3 is 0 Å². The van der Waals surface area contributed by atoms with Gasteiger partial charge in [-0.05, 0) is 80.8 Å². The highest BCUT2D eigenvalue weighted by Gasteiger charge is 2.36. The van der Waals surface area contributed by atoms with Gasteiger partial charge < -0.3 is 14.8 Å². The summed E-state index contributed by atoms with van der Waals surface area (Å²) < 4.78 is 11.6. The van der Waals surface area contributed by atoms with E-state index in [0.717, 1.165) is 34.2 Å². The van der Waals surface area contributed by atoms with Crippen molar-refractivity contribution in [2.24, 2.45) is 0 Å². The molecule has 1 N–H and O–H groups in total. The Kier molecular flexibility index (Phi) is 8.39. The second-order valence-corrected chi connectivity index (χ2v) is 9.05. The fourth-order valence-corrected chi connectivity index (χ4v) is 4.24. The van der Waals surface area contributed by atoms with Crippen molar-refractivity contribution < 1.29 is 23.9 Å². The van der Waals surface area contributed by atoms with Crippen LogP contribution in [-0.4, -0.2) is 41.2 Å². The van der Waals surface area contributed by atoms with E-state index in [1.807, 2.05) is 58.9 Å². The zero-order valence-corrected chi connectivity index (χ0v) is 21.0. The smallest absolute Gasteiger partial charge is 0.294 e. The summed E-state index contributed by atoms with van der Waals surface area (Å²) >= 11 is 0.815. The van der Waals surface area contributed by atoms with E-state index >= 15 is 0 Å². The SMILES string of the molecule is CCOc1cc(/C=C2/SC(=O)N(CC(=O)Nc3c(C)cccc3C)C2=O)ccc1O[C@H](C)CC. The molecule has 34 heavy (non-hydrogen) atoms. The molecule has 7 nitrogen and oxygen atoms in total. The molecular weight excluding hydrogens is 452 g/mol. The Labute approximate surface area is 204 Å². The lowest BCUT2D eigenvalue weighted by atomic mass is 10.1. The molecule has 1 aliphatic heterocycles. The number of hydrogen-bond donors (Lipinski definition) is 1. The molecule has 1 aliphatic rings. The van der Waals surface area contributed by atoms with Gasteiger partial charge in [0.05, 0.1) is 17.6 Å². The van der Waals surface area contributed by atoms with Crippen molar-refractivity contribution in [2.75, 3.05) is 18.5 Å². The van der Waals surface area contributed by atoms with Crippen LogP contribution in [0.15, 0.2) is 41.3 Å². The Balaban J connectivity index is 1.75. The number of carbonyl (C=O) groups is 3. The van der Waals surface area contributed by atoms with Crippen molar-refractivity contribution in [2.45, 2.75) is 47.1 Å². The number of imide groups is 1. The minimum atomic E-state index is -0.496. The quantitative estimate of drug-likeness (QED) is 0.472. The molecule has 2 aromatic rings. The van der Waals surface area contributed by atoms with Gasteiger partial charge in [0.1, 0.15) is 6.54 Å². The largest absolute Gasteiger partial charge is 0.490 e. The molecule has 2 aromatic carbocycles. The number of carbonyl (C=O) groups excluding carboxylic acids is 3. The molecule has 8 heteroatoms. The van der Waals surface area contributed by atoms with E-state index in [-0.39, 0.29) is 17.6 Å². The first-order valence-electron chi connectivity index (χ1n) is 11.3. The first-order valence-corrected chi connectivity index (χ1v) is 12.1. The Morgan fingerprint density at radius 3 is 2.47 bits per heavy atom. The summed E-state index contributed by atoms with van der Waals surface area (Å²) in [6.07, 6.45) is 2.53. The summed E-state index contributed by atoms with van der Waals surface area (Å²) in [6.45, 7) is 9.80. The molecule has 0 aromatic heterocycles. The van der Waals surface area contributed by atoms with E-state index in [1.54, 1.807) is 18.2 Å². The first-order chi connectivity index (χ1) is 16.2. The maximum absolute atomic E-state index is 12.9. The lowest BCUT2D eigenvalue weighted by Gasteiger charge is -2.16. The summed E-state index contributed by atoms with van der Waals surface area (Å²) in [6, 6.07) is 11.1. The number of anilines is 1. The Morgan fingerprint density at radius 2 is 1.82 bits per heavy atom. The van der Waals surface area contributed by atoms with Gasteiger partial charge in [0.15, 0.2) is 11.5 Å². The van der Waals surface area contributed by atoms with Gasteiger partial charge in [-0.25, -0.2) is 0 Å². The van der Waals surface area contributed by atoms with E-state index < -0.39 is 17.1 Å². The molecule has 0 spiro atoms. The highest BCUT2D eigenvalue weighted by atomic mass is 32.2. The summed E-state index contributed by atoms with van der Waals surface area (Å²) in [5, 5.41) is 2.34. The lowest BCUT2D eigenvalue weighted by molar-refractivity contribution is -0.127. The molecule has 0 radical (unpaired) electrons. The van der Waals surface area contributed by atoms with E-state index in [1.165, 1.54) is 0 Å². The fraction of sp³-hybridized carbons (Fsp3) is 0.346. The standard InChI is InChI=1S/C26H30N2O5S/c1-6-18(5)33-20-12-11-19(13-21(20)32-7-2)14-22-25(30)28(26(31)34-22)15-23(29)27-24-16(3)9-8-10-17(24)4/h8-14,18H,6-7,15H2,1-5H3,(H,27,29)/b22-14+/t18-/m1/s1. The van der Waals surface area contributed by atoms with Gasteiger partial charge in [0.25, 0.3) is 11.1 Å². The average Bonchev–Trinajstić information content (AvgIpc) is 3.05. The van der Waals surface area contributed by atoms with E-state index in [0.29, 0.717) is 29.4 Å². The summed E-state index contributed by atoms with van der Waals surface area (Å²) in [5.74, 6) is 0.282. The first kappa shape index (κ1) is 25.4. The van der Waals surface area contributed by atoms with Crippen molar-refractivity contribution >= 4 is 40.6 Å². The molecule has 180 valence electrons.